The highest BCUT2D eigenvalue weighted by atomic mass is 32.1. The second-order valence-corrected chi connectivity index (χ2v) is 3.48. The maximum Gasteiger partial charge on any atom is 0.569 e. The molecule has 2 rings (SSSR count). The minimum absolute atomic E-state index is 0.604. The molecule has 3 nitrogen and oxygen atoms in total. The normalized spacial score (nSPS) is 9.79. The lowest BCUT2D eigenvalue weighted by Crippen LogP contribution is -1.99. The summed E-state index contributed by atoms with van der Waals surface area (Å²) in [5.41, 5.74) is 1.05. The van der Waals surface area contributed by atoms with Crippen LogP contribution in [0.25, 0.3) is 10.6 Å². The standard InChI is InChI=1S/C9H7BNO2S/c12-10-13-8-3-1-7(2-4-8)9-11-5-6-14-9/h1-6,12H. The van der Waals surface area contributed by atoms with E-state index >= 15 is 0 Å². The summed E-state index contributed by atoms with van der Waals surface area (Å²) in [6.45, 7) is 0. The minimum atomic E-state index is 0.604. The quantitative estimate of drug-likeness (QED) is 0.774. The first-order chi connectivity index (χ1) is 6.90. The zero-order valence-corrected chi connectivity index (χ0v) is 8.07. The Kier molecular flexibility index (Phi) is 2.81. The van der Waals surface area contributed by atoms with Crippen molar-refractivity contribution in [2.75, 3.05) is 0 Å². The summed E-state index contributed by atoms with van der Waals surface area (Å²) in [6.07, 6.45) is 1.77. The van der Waals surface area contributed by atoms with Crippen LogP contribution >= 0.6 is 11.3 Å². The molecule has 0 aliphatic rings. The van der Waals surface area contributed by atoms with E-state index in [1.807, 2.05) is 17.5 Å². The van der Waals surface area contributed by atoms with Gasteiger partial charge < -0.3 is 9.68 Å². The summed E-state index contributed by atoms with van der Waals surface area (Å²) >= 11 is 1.59. The maximum absolute atomic E-state index is 8.42. The van der Waals surface area contributed by atoms with Gasteiger partial charge >= 0.3 is 7.69 Å². The predicted octanol–water partition coefficient (Wildman–Crippen LogP) is 1.72. The number of benzene rings is 1. The first-order valence-electron chi connectivity index (χ1n) is 4.02. The van der Waals surface area contributed by atoms with Gasteiger partial charge in [0.2, 0.25) is 0 Å². The highest BCUT2D eigenvalue weighted by Crippen LogP contribution is 2.23. The van der Waals surface area contributed by atoms with Crippen LogP contribution in [0.4, 0.5) is 0 Å². The topological polar surface area (TPSA) is 42.4 Å². The number of hydrogen-bond acceptors (Lipinski definition) is 4. The van der Waals surface area contributed by atoms with Crippen molar-refractivity contribution in [2.24, 2.45) is 0 Å². The number of hydrogen-bond donors (Lipinski definition) is 1. The molecule has 0 saturated carbocycles. The Morgan fingerprint density at radius 1 is 1.29 bits per heavy atom. The average molecular weight is 204 g/mol. The van der Waals surface area contributed by atoms with E-state index in [1.165, 1.54) is 0 Å². The molecule has 0 fully saturated rings. The summed E-state index contributed by atoms with van der Waals surface area (Å²) < 4.78 is 4.79. The molecule has 1 N–H and O–H groups in total. The molecule has 1 heterocycles. The zero-order chi connectivity index (χ0) is 9.80. The smallest absolute Gasteiger partial charge is 0.537 e. The van der Waals surface area contributed by atoms with Crippen LogP contribution in [0, 0.1) is 0 Å². The van der Waals surface area contributed by atoms with Gasteiger partial charge in [0.05, 0.1) is 0 Å². The molecule has 0 atom stereocenters. The largest absolute Gasteiger partial charge is 0.569 e. The van der Waals surface area contributed by atoms with Crippen molar-refractivity contribution in [3.63, 3.8) is 0 Å². The number of rotatable bonds is 3. The summed E-state index contributed by atoms with van der Waals surface area (Å²) in [5.74, 6) is 0.604. The highest BCUT2D eigenvalue weighted by molar-refractivity contribution is 7.13. The van der Waals surface area contributed by atoms with Crippen molar-refractivity contribution in [1.82, 2.24) is 4.98 Å². The van der Waals surface area contributed by atoms with Gasteiger partial charge in [-0.05, 0) is 24.3 Å². The molecule has 0 saturated heterocycles. The molecule has 0 aliphatic carbocycles. The van der Waals surface area contributed by atoms with E-state index in [9.17, 15) is 0 Å². The highest BCUT2D eigenvalue weighted by Gasteiger charge is 2.00. The van der Waals surface area contributed by atoms with Crippen LogP contribution in [-0.2, 0) is 0 Å². The Hall–Kier alpha value is -1.33. The third-order valence-electron chi connectivity index (χ3n) is 1.72. The van der Waals surface area contributed by atoms with Gasteiger partial charge in [-0.3, -0.25) is 0 Å². The molecule has 1 aromatic heterocycles. The van der Waals surface area contributed by atoms with Gasteiger partial charge in [-0.15, -0.1) is 11.3 Å². The minimum Gasteiger partial charge on any atom is -0.537 e. The molecule has 2 aromatic rings. The van der Waals surface area contributed by atoms with Crippen molar-refractivity contribution < 1.29 is 9.68 Å². The van der Waals surface area contributed by atoms with Crippen molar-refractivity contribution >= 4 is 19.0 Å². The summed E-state index contributed by atoms with van der Waals surface area (Å²) in [5, 5.41) is 11.3. The SMILES string of the molecule is O[B]Oc1ccc(-c2nccs2)cc1. The molecule has 1 radical (unpaired) electrons. The van der Waals surface area contributed by atoms with E-state index in [4.69, 9.17) is 9.68 Å². The molecule has 69 valence electrons. The molecule has 0 aliphatic heterocycles. The van der Waals surface area contributed by atoms with Crippen LogP contribution in [0.15, 0.2) is 35.8 Å². The maximum atomic E-state index is 8.42. The van der Waals surface area contributed by atoms with Crippen molar-refractivity contribution in [1.29, 1.82) is 0 Å². The fraction of sp³-hybridized carbons (Fsp3) is 0. The van der Waals surface area contributed by atoms with Crippen LogP contribution in [-0.4, -0.2) is 17.7 Å². The Bertz CT molecular complexity index is 388. The van der Waals surface area contributed by atoms with Crippen molar-refractivity contribution in [2.45, 2.75) is 0 Å². The van der Waals surface area contributed by atoms with Gasteiger partial charge in [-0.25, -0.2) is 4.98 Å². The van der Waals surface area contributed by atoms with E-state index in [0.717, 1.165) is 10.6 Å². The molecule has 1 aromatic carbocycles. The Labute approximate surface area is 86.3 Å². The Morgan fingerprint density at radius 3 is 2.64 bits per heavy atom. The zero-order valence-electron chi connectivity index (χ0n) is 7.25. The lowest BCUT2D eigenvalue weighted by Gasteiger charge is -2.01. The molecule has 14 heavy (non-hydrogen) atoms. The molecular weight excluding hydrogens is 197 g/mol. The molecule has 0 spiro atoms. The second kappa shape index (κ2) is 4.26. The van der Waals surface area contributed by atoms with Crippen molar-refractivity contribution in [3.05, 3.63) is 35.8 Å². The summed E-state index contributed by atoms with van der Waals surface area (Å²) in [7, 11) is 0.665. The number of thiazole rings is 1. The van der Waals surface area contributed by atoms with Gasteiger partial charge in [-0.1, -0.05) is 0 Å². The summed E-state index contributed by atoms with van der Waals surface area (Å²) in [4.78, 5) is 4.18. The third kappa shape index (κ3) is 1.94. The van der Waals surface area contributed by atoms with Crippen LogP contribution in [0.1, 0.15) is 0 Å². The second-order valence-electron chi connectivity index (χ2n) is 2.58. The van der Waals surface area contributed by atoms with Crippen LogP contribution in [0.5, 0.6) is 5.75 Å². The van der Waals surface area contributed by atoms with Gasteiger partial charge in [0.25, 0.3) is 0 Å². The van der Waals surface area contributed by atoms with Gasteiger partial charge in [0, 0.05) is 17.1 Å². The van der Waals surface area contributed by atoms with Crippen LogP contribution < -0.4 is 4.65 Å². The van der Waals surface area contributed by atoms with Gasteiger partial charge in [0.15, 0.2) is 0 Å². The van der Waals surface area contributed by atoms with Crippen LogP contribution in [0.3, 0.4) is 0 Å². The fourth-order valence-electron chi connectivity index (χ4n) is 1.10. The monoisotopic (exact) mass is 204 g/mol. The van der Waals surface area contributed by atoms with Gasteiger partial charge in [-0.2, -0.15) is 0 Å². The lowest BCUT2D eigenvalue weighted by atomic mass is 10.2. The Balaban J connectivity index is 2.22. The van der Waals surface area contributed by atoms with Crippen molar-refractivity contribution in [3.8, 4) is 16.3 Å². The van der Waals surface area contributed by atoms with E-state index in [0.29, 0.717) is 13.4 Å². The molecule has 0 bridgehead atoms. The Morgan fingerprint density at radius 2 is 2.07 bits per heavy atom. The van der Waals surface area contributed by atoms with Crippen LogP contribution in [0.2, 0.25) is 0 Å². The third-order valence-corrected chi connectivity index (χ3v) is 2.54. The van der Waals surface area contributed by atoms with Gasteiger partial charge in [0.1, 0.15) is 10.8 Å². The first-order valence-corrected chi connectivity index (χ1v) is 4.90. The predicted molar refractivity (Wildman–Crippen MR) is 56.2 cm³/mol. The first kappa shape index (κ1) is 9.24. The van der Waals surface area contributed by atoms with E-state index in [1.54, 1.807) is 29.7 Å². The lowest BCUT2D eigenvalue weighted by molar-refractivity contribution is 0.454. The molecule has 0 amide bonds. The number of aromatic nitrogens is 1. The fourth-order valence-corrected chi connectivity index (χ4v) is 1.75. The molecular formula is C9H7BNO2S. The summed E-state index contributed by atoms with van der Waals surface area (Å²) in [6, 6.07) is 7.36. The molecule has 5 heteroatoms. The molecule has 0 unspecified atom stereocenters. The van der Waals surface area contributed by atoms with E-state index in [2.05, 4.69) is 4.98 Å². The number of nitrogens with zero attached hydrogens (tertiary/aromatic N) is 1. The average Bonchev–Trinajstić information content (AvgIpc) is 2.72. The van der Waals surface area contributed by atoms with E-state index in [-0.39, 0.29) is 0 Å². The van der Waals surface area contributed by atoms with E-state index < -0.39 is 0 Å².